The molecule has 0 aliphatic carbocycles. The molecule has 0 spiro atoms. The van der Waals surface area contributed by atoms with Crippen molar-refractivity contribution in [2.75, 3.05) is 6.67 Å². The van der Waals surface area contributed by atoms with Gasteiger partial charge in [0.1, 0.15) is 0 Å². The van der Waals surface area contributed by atoms with Crippen LogP contribution in [0, 0.1) is 0 Å². The van der Waals surface area contributed by atoms with Crippen molar-refractivity contribution in [3.63, 3.8) is 0 Å². The fourth-order valence-corrected chi connectivity index (χ4v) is 1.84. The van der Waals surface area contributed by atoms with Crippen molar-refractivity contribution < 1.29 is 9.13 Å². The molecule has 1 nitrogen and oxygen atoms in total. The van der Waals surface area contributed by atoms with Crippen LogP contribution in [0.25, 0.3) is 0 Å². The average Bonchev–Trinajstić information content (AvgIpc) is 2.37. The van der Waals surface area contributed by atoms with Gasteiger partial charge in [-0.3, -0.25) is 4.39 Å². The number of hydrogen-bond acceptors (Lipinski definition) is 1. The maximum atomic E-state index is 12.4. The molecule has 1 atom stereocenters. The third-order valence-corrected chi connectivity index (χ3v) is 2.89. The highest BCUT2D eigenvalue weighted by atomic mass is 19.1. The maximum absolute atomic E-state index is 12.4. The average molecular weight is 238 g/mol. The molecule has 0 N–H and O–H groups in total. The Balaban J connectivity index is 2.28. The van der Waals surface area contributed by atoms with E-state index in [0.717, 1.165) is 18.4 Å². The third kappa shape index (κ3) is 6.42. The minimum atomic E-state index is -0.286. The molecule has 0 amide bonds. The lowest BCUT2D eigenvalue weighted by atomic mass is 10.1. The number of benzene rings is 1. The Morgan fingerprint density at radius 3 is 2.53 bits per heavy atom. The van der Waals surface area contributed by atoms with Crippen molar-refractivity contribution in [3.05, 3.63) is 35.9 Å². The van der Waals surface area contributed by atoms with E-state index in [0.29, 0.717) is 13.0 Å². The Labute approximate surface area is 104 Å². The minimum absolute atomic E-state index is 0.0757. The topological polar surface area (TPSA) is 9.23 Å². The number of rotatable bonds is 9. The normalized spacial score (nSPS) is 12.6. The minimum Gasteiger partial charge on any atom is -0.373 e. The molecule has 1 rings (SSSR count). The highest BCUT2D eigenvalue weighted by molar-refractivity contribution is 5.13. The molecule has 0 fully saturated rings. The van der Waals surface area contributed by atoms with Crippen molar-refractivity contribution >= 4 is 0 Å². The highest BCUT2D eigenvalue weighted by Gasteiger charge is 2.08. The van der Waals surface area contributed by atoms with Gasteiger partial charge in [0.2, 0.25) is 0 Å². The van der Waals surface area contributed by atoms with Crippen LogP contribution in [0.15, 0.2) is 30.3 Å². The van der Waals surface area contributed by atoms with Crippen molar-refractivity contribution in [2.45, 2.75) is 51.7 Å². The second-order valence-electron chi connectivity index (χ2n) is 4.39. The molecule has 0 aromatic heterocycles. The first-order valence-electron chi connectivity index (χ1n) is 6.58. The van der Waals surface area contributed by atoms with Gasteiger partial charge in [-0.2, -0.15) is 0 Å². The van der Waals surface area contributed by atoms with E-state index < -0.39 is 0 Å². The molecule has 0 aliphatic rings. The second-order valence-corrected chi connectivity index (χ2v) is 4.39. The van der Waals surface area contributed by atoms with Gasteiger partial charge in [-0.15, -0.1) is 0 Å². The quantitative estimate of drug-likeness (QED) is 0.575. The summed E-state index contributed by atoms with van der Waals surface area (Å²) in [5.41, 5.74) is 1.16. The van der Waals surface area contributed by atoms with Gasteiger partial charge in [-0.25, -0.2) is 0 Å². The number of unbranched alkanes of at least 4 members (excludes halogenated alkanes) is 2. The van der Waals surface area contributed by atoms with E-state index >= 15 is 0 Å². The summed E-state index contributed by atoms with van der Waals surface area (Å²) >= 11 is 0. The first-order valence-corrected chi connectivity index (χ1v) is 6.58. The maximum Gasteiger partial charge on any atom is 0.0919 e. The van der Waals surface area contributed by atoms with Gasteiger partial charge < -0.3 is 4.74 Å². The predicted octanol–water partition coefficient (Wildman–Crippen LogP) is 4.51. The zero-order chi connectivity index (χ0) is 12.3. The van der Waals surface area contributed by atoms with E-state index in [1.165, 1.54) is 12.8 Å². The molecule has 1 unspecified atom stereocenters. The van der Waals surface area contributed by atoms with E-state index in [4.69, 9.17) is 4.74 Å². The van der Waals surface area contributed by atoms with E-state index in [2.05, 4.69) is 6.92 Å². The van der Waals surface area contributed by atoms with Gasteiger partial charge in [0.25, 0.3) is 0 Å². The van der Waals surface area contributed by atoms with Crippen LogP contribution >= 0.6 is 0 Å². The van der Waals surface area contributed by atoms with E-state index in [1.807, 2.05) is 30.3 Å². The van der Waals surface area contributed by atoms with E-state index in [-0.39, 0.29) is 12.8 Å². The van der Waals surface area contributed by atoms with Gasteiger partial charge in [-0.1, -0.05) is 56.5 Å². The van der Waals surface area contributed by atoms with Crippen LogP contribution < -0.4 is 0 Å². The summed E-state index contributed by atoms with van der Waals surface area (Å²) in [5.74, 6) is 0. The summed E-state index contributed by atoms with van der Waals surface area (Å²) in [4.78, 5) is 0. The standard InChI is InChI=1S/C15H23FO/c1-2-3-5-10-15(11-12-16)17-13-14-8-6-4-7-9-14/h4,6-9,15H,2-3,5,10-13H2,1H3. The monoisotopic (exact) mass is 238 g/mol. The number of ether oxygens (including phenoxy) is 1. The lowest BCUT2D eigenvalue weighted by molar-refractivity contribution is 0.0239. The molecule has 17 heavy (non-hydrogen) atoms. The lowest BCUT2D eigenvalue weighted by Gasteiger charge is -2.16. The fourth-order valence-electron chi connectivity index (χ4n) is 1.84. The zero-order valence-electron chi connectivity index (χ0n) is 10.7. The van der Waals surface area contributed by atoms with Crippen LogP contribution in [0.3, 0.4) is 0 Å². The smallest absolute Gasteiger partial charge is 0.0919 e. The first-order chi connectivity index (χ1) is 8.36. The largest absolute Gasteiger partial charge is 0.373 e. The van der Waals surface area contributed by atoms with Gasteiger partial charge in [0.05, 0.1) is 19.4 Å². The van der Waals surface area contributed by atoms with Gasteiger partial charge in [0.15, 0.2) is 0 Å². The fraction of sp³-hybridized carbons (Fsp3) is 0.600. The number of halogens is 1. The van der Waals surface area contributed by atoms with Crippen LogP contribution in [-0.2, 0) is 11.3 Å². The summed E-state index contributed by atoms with van der Waals surface area (Å²) in [6.07, 6.45) is 5.11. The molecular weight excluding hydrogens is 215 g/mol. The molecule has 96 valence electrons. The Kier molecular flexibility index (Phi) is 7.65. The van der Waals surface area contributed by atoms with Crippen molar-refractivity contribution in [1.82, 2.24) is 0 Å². The molecule has 0 aliphatic heterocycles. The molecule has 0 saturated carbocycles. The molecule has 0 heterocycles. The van der Waals surface area contributed by atoms with Gasteiger partial charge in [0, 0.05) is 6.42 Å². The van der Waals surface area contributed by atoms with Crippen LogP contribution in [0.1, 0.15) is 44.6 Å². The van der Waals surface area contributed by atoms with Crippen LogP contribution in [0.4, 0.5) is 4.39 Å². The lowest BCUT2D eigenvalue weighted by Crippen LogP contribution is -2.13. The number of hydrogen-bond donors (Lipinski definition) is 0. The molecule has 2 heteroatoms. The van der Waals surface area contributed by atoms with Crippen molar-refractivity contribution in [1.29, 1.82) is 0 Å². The Morgan fingerprint density at radius 2 is 1.88 bits per heavy atom. The molecule has 0 bridgehead atoms. The van der Waals surface area contributed by atoms with Crippen LogP contribution in [-0.4, -0.2) is 12.8 Å². The van der Waals surface area contributed by atoms with E-state index in [9.17, 15) is 4.39 Å². The summed E-state index contributed by atoms with van der Waals surface area (Å²) < 4.78 is 18.2. The Morgan fingerprint density at radius 1 is 1.12 bits per heavy atom. The van der Waals surface area contributed by atoms with Crippen LogP contribution in [0.2, 0.25) is 0 Å². The second kappa shape index (κ2) is 9.17. The molecule has 0 saturated heterocycles. The summed E-state index contributed by atoms with van der Waals surface area (Å²) in [6.45, 7) is 2.48. The highest BCUT2D eigenvalue weighted by Crippen LogP contribution is 2.13. The van der Waals surface area contributed by atoms with Crippen LogP contribution in [0.5, 0.6) is 0 Å². The van der Waals surface area contributed by atoms with Gasteiger partial charge in [-0.05, 0) is 12.0 Å². The van der Waals surface area contributed by atoms with E-state index in [1.54, 1.807) is 0 Å². The Bertz CT molecular complexity index is 274. The van der Waals surface area contributed by atoms with Crippen molar-refractivity contribution in [2.24, 2.45) is 0 Å². The first kappa shape index (κ1) is 14.2. The summed E-state index contributed by atoms with van der Waals surface area (Å²) in [7, 11) is 0. The molecule has 1 aromatic carbocycles. The molecular formula is C15H23FO. The summed E-state index contributed by atoms with van der Waals surface area (Å²) in [6, 6.07) is 10.1. The van der Waals surface area contributed by atoms with Crippen molar-refractivity contribution in [3.8, 4) is 0 Å². The SMILES string of the molecule is CCCCCC(CCF)OCc1ccccc1. The molecule has 1 aromatic rings. The third-order valence-electron chi connectivity index (χ3n) is 2.89. The predicted molar refractivity (Wildman–Crippen MR) is 69.8 cm³/mol. The number of alkyl halides is 1. The Hall–Kier alpha value is -0.890. The summed E-state index contributed by atoms with van der Waals surface area (Å²) in [5, 5.41) is 0. The zero-order valence-corrected chi connectivity index (χ0v) is 10.7. The molecule has 0 radical (unpaired) electrons. The van der Waals surface area contributed by atoms with Gasteiger partial charge >= 0.3 is 0 Å².